The van der Waals surface area contributed by atoms with Crippen molar-refractivity contribution in [1.82, 2.24) is 5.32 Å². The molecule has 6 heteroatoms. The molecule has 0 saturated carbocycles. The molecule has 3 N–H and O–H groups in total. The van der Waals surface area contributed by atoms with Gasteiger partial charge in [-0.05, 0) is 44.5 Å². The fraction of sp³-hybridized carbons (Fsp3) is 0.467. The Bertz CT molecular complexity index is 548. The molecule has 1 aliphatic heterocycles. The first-order chi connectivity index (χ1) is 9.95. The number of hydrogen-bond acceptors (Lipinski definition) is 3. The highest BCUT2D eigenvalue weighted by molar-refractivity contribution is 5.94. The molecule has 0 aliphatic carbocycles. The summed E-state index contributed by atoms with van der Waals surface area (Å²) in [4.78, 5) is 23.2. The molecule has 5 nitrogen and oxygen atoms in total. The van der Waals surface area contributed by atoms with Crippen LogP contribution < -0.4 is 16.0 Å². The molecule has 2 amide bonds. The Morgan fingerprint density at radius 2 is 2.10 bits per heavy atom. The Kier molecular flexibility index (Phi) is 4.90. The minimum atomic E-state index is -0.514. The summed E-state index contributed by atoms with van der Waals surface area (Å²) < 4.78 is 13.8. The number of carbonyl (C=O) groups is 2. The van der Waals surface area contributed by atoms with Gasteiger partial charge in [0.15, 0.2) is 0 Å². The van der Waals surface area contributed by atoms with Crippen molar-refractivity contribution in [3.05, 3.63) is 24.0 Å². The molecule has 0 bridgehead atoms. The second kappa shape index (κ2) is 6.67. The summed E-state index contributed by atoms with van der Waals surface area (Å²) in [6.07, 6.45) is 1.47. The van der Waals surface area contributed by atoms with E-state index >= 15 is 0 Å². The second-order valence-electron chi connectivity index (χ2n) is 5.44. The largest absolute Gasteiger partial charge is 0.326 e. The van der Waals surface area contributed by atoms with Gasteiger partial charge in [-0.15, -0.1) is 0 Å². The van der Waals surface area contributed by atoms with Crippen LogP contribution in [0.2, 0.25) is 0 Å². The van der Waals surface area contributed by atoms with Crippen LogP contribution in [0.3, 0.4) is 0 Å². The highest BCUT2D eigenvalue weighted by atomic mass is 19.1. The zero-order valence-corrected chi connectivity index (χ0v) is 12.2. The number of rotatable bonds is 3. The fourth-order valence-electron chi connectivity index (χ4n) is 2.51. The van der Waals surface area contributed by atoms with Crippen molar-refractivity contribution in [2.45, 2.75) is 32.7 Å². The average molecular weight is 293 g/mol. The van der Waals surface area contributed by atoms with Crippen LogP contribution in [0.15, 0.2) is 18.2 Å². The topological polar surface area (TPSA) is 70.2 Å². The molecule has 1 fully saturated rings. The first-order valence-electron chi connectivity index (χ1n) is 7.07. The molecule has 1 heterocycles. The molecule has 0 aromatic heterocycles. The number of anilines is 2. The van der Waals surface area contributed by atoms with E-state index in [1.165, 1.54) is 25.1 Å². The summed E-state index contributed by atoms with van der Waals surface area (Å²) in [5.41, 5.74) is 0.551. The van der Waals surface area contributed by atoms with Gasteiger partial charge in [-0.2, -0.15) is 0 Å². The smallest absolute Gasteiger partial charge is 0.227 e. The first-order valence-corrected chi connectivity index (χ1v) is 7.07. The summed E-state index contributed by atoms with van der Waals surface area (Å²) >= 11 is 0. The van der Waals surface area contributed by atoms with Crippen LogP contribution in [-0.4, -0.2) is 24.4 Å². The van der Waals surface area contributed by atoms with Crippen LogP contribution in [0.25, 0.3) is 0 Å². The predicted octanol–water partition coefficient (Wildman–Crippen LogP) is 2.11. The lowest BCUT2D eigenvalue weighted by Gasteiger charge is -2.27. The van der Waals surface area contributed by atoms with Crippen molar-refractivity contribution in [3.8, 4) is 0 Å². The number of hydrogen-bond donors (Lipinski definition) is 3. The maximum atomic E-state index is 13.8. The Morgan fingerprint density at radius 3 is 2.76 bits per heavy atom. The Hall–Kier alpha value is -1.95. The molecule has 2 rings (SSSR count). The molecule has 114 valence electrons. The van der Waals surface area contributed by atoms with Crippen molar-refractivity contribution in [2.24, 2.45) is 5.92 Å². The first kappa shape index (κ1) is 15.4. The van der Waals surface area contributed by atoms with Crippen LogP contribution in [0.5, 0.6) is 0 Å². The summed E-state index contributed by atoms with van der Waals surface area (Å²) in [6, 6.07) is 4.40. The highest BCUT2D eigenvalue weighted by Crippen LogP contribution is 2.23. The number of benzene rings is 1. The summed E-state index contributed by atoms with van der Waals surface area (Å²) in [6.45, 7) is 4.18. The van der Waals surface area contributed by atoms with Gasteiger partial charge in [-0.3, -0.25) is 9.59 Å². The molecular formula is C15H20FN3O2. The van der Waals surface area contributed by atoms with Crippen molar-refractivity contribution in [1.29, 1.82) is 0 Å². The van der Waals surface area contributed by atoms with Crippen LogP contribution >= 0.6 is 0 Å². The molecular weight excluding hydrogens is 273 g/mol. The Balaban J connectivity index is 2.07. The van der Waals surface area contributed by atoms with E-state index < -0.39 is 5.82 Å². The lowest BCUT2D eigenvalue weighted by atomic mass is 9.92. The molecule has 1 aliphatic rings. The van der Waals surface area contributed by atoms with Gasteiger partial charge in [-0.1, -0.05) is 0 Å². The van der Waals surface area contributed by atoms with Gasteiger partial charge in [0.1, 0.15) is 5.82 Å². The SMILES string of the molecule is CC(=O)Nc1ccc(F)c(NC(=O)C2CCNC(C)C2)c1. The standard InChI is InChI=1S/C15H20FN3O2/c1-9-7-11(5-6-17-9)15(21)19-14-8-12(18-10(2)20)3-4-13(14)16/h3-4,8-9,11,17H,5-7H2,1-2H3,(H,18,20)(H,19,21). The highest BCUT2D eigenvalue weighted by Gasteiger charge is 2.25. The van der Waals surface area contributed by atoms with Crippen LogP contribution in [0.1, 0.15) is 26.7 Å². The van der Waals surface area contributed by atoms with Gasteiger partial charge in [-0.25, -0.2) is 4.39 Å². The monoisotopic (exact) mass is 293 g/mol. The second-order valence-corrected chi connectivity index (χ2v) is 5.44. The van der Waals surface area contributed by atoms with Crippen molar-refractivity contribution in [3.63, 3.8) is 0 Å². The molecule has 2 unspecified atom stereocenters. The van der Waals surface area contributed by atoms with Gasteiger partial charge in [0.25, 0.3) is 0 Å². The quantitative estimate of drug-likeness (QED) is 0.799. The zero-order chi connectivity index (χ0) is 15.4. The van der Waals surface area contributed by atoms with Crippen LogP contribution in [0.4, 0.5) is 15.8 Å². The predicted molar refractivity (Wildman–Crippen MR) is 79.5 cm³/mol. The molecule has 1 aromatic carbocycles. The molecule has 0 radical (unpaired) electrons. The van der Waals surface area contributed by atoms with Gasteiger partial charge in [0, 0.05) is 24.6 Å². The summed E-state index contributed by atoms with van der Waals surface area (Å²) in [7, 11) is 0. The van der Waals surface area contributed by atoms with E-state index in [4.69, 9.17) is 0 Å². The third-order valence-electron chi connectivity index (χ3n) is 3.54. The molecule has 21 heavy (non-hydrogen) atoms. The van der Waals surface area contributed by atoms with E-state index in [-0.39, 0.29) is 29.5 Å². The van der Waals surface area contributed by atoms with Crippen LogP contribution in [0, 0.1) is 11.7 Å². The molecule has 1 saturated heterocycles. The van der Waals surface area contributed by atoms with E-state index in [1.54, 1.807) is 0 Å². The maximum absolute atomic E-state index is 13.8. The average Bonchev–Trinajstić information content (AvgIpc) is 2.42. The maximum Gasteiger partial charge on any atom is 0.227 e. The van der Waals surface area contributed by atoms with Crippen LogP contribution in [-0.2, 0) is 9.59 Å². The molecule has 1 aromatic rings. The van der Waals surface area contributed by atoms with E-state index in [9.17, 15) is 14.0 Å². The number of carbonyl (C=O) groups excluding carboxylic acids is 2. The van der Waals surface area contributed by atoms with Gasteiger partial charge < -0.3 is 16.0 Å². The fourth-order valence-corrected chi connectivity index (χ4v) is 2.51. The number of amides is 2. The van der Waals surface area contributed by atoms with Crippen molar-refractivity contribution in [2.75, 3.05) is 17.2 Å². The van der Waals surface area contributed by atoms with E-state index in [2.05, 4.69) is 16.0 Å². The number of piperidine rings is 1. The Labute approximate surface area is 123 Å². The van der Waals surface area contributed by atoms with Gasteiger partial charge in [0.2, 0.25) is 11.8 Å². The van der Waals surface area contributed by atoms with Gasteiger partial charge in [0.05, 0.1) is 5.69 Å². The zero-order valence-electron chi connectivity index (χ0n) is 12.2. The third-order valence-corrected chi connectivity index (χ3v) is 3.54. The lowest BCUT2D eigenvalue weighted by molar-refractivity contribution is -0.121. The van der Waals surface area contributed by atoms with Crippen molar-refractivity contribution < 1.29 is 14.0 Å². The number of halogens is 1. The van der Waals surface area contributed by atoms with E-state index in [0.29, 0.717) is 5.69 Å². The lowest BCUT2D eigenvalue weighted by Crippen LogP contribution is -2.40. The Morgan fingerprint density at radius 1 is 1.33 bits per heavy atom. The minimum Gasteiger partial charge on any atom is -0.326 e. The van der Waals surface area contributed by atoms with Gasteiger partial charge >= 0.3 is 0 Å². The minimum absolute atomic E-state index is 0.0948. The summed E-state index contributed by atoms with van der Waals surface area (Å²) in [5.74, 6) is -1.06. The normalized spacial score (nSPS) is 21.7. The van der Waals surface area contributed by atoms with E-state index in [0.717, 1.165) is 19.4 Å². The summed E-state index contributed by atoms with van der Waals surface area (Å²) in [5, 5.41) is 8.46. The molecule has 0 spiro atoms. The van der Waals surface area contributed by atoms with E-state index in [1.807, 2.05) is 6.92 Å². The van der Waals surface area contributed by atoms with Crippen molar-refractivity contribution >= 4 is 23.2 Å². The molecule has 2 atom stereocenters. The third kappa shape index (κ3) is 4.26. The number of nitrogens with one attached hydrogen (secondary N) is 3.